The summed E-state index contributed by atoms with van der Waals surface area (Å²) < 4.78 is 5.95. The van der Waals surface area contributed by atoms with Gasteiger partial charge in [-0.05, 0) is 43.9 Å². The van der Waals surface area contributed by atoms with E-state index in [9.17, 15) is 5.11 Å². The Labute approximate surface area is 152 Å². The molecule has 0 aliphatic heterocycles. The molecular weight excluding hydrogens is 328 g/mol. The van der Waals surface area contributed by atoms with Gasteiger partial charge in [0.05, 0.1) is 11.8 Å². The van der Waals surface area contributed by atoms with Crippen LogP contribution >= 0.6 is 0 Å². The second-order valence-electron chi connectivity index (χ2n) is 6.65. The van der Waals surface area contributed by atoms with Crippen molar-refractivity contribution in [3.63, 3.8) is 0 Å². The predicted octanol–water partition coefficient (Wildman–Crippen LogP) is 3.32. The van der Waals surface area contributed by atoms with Gasteiger partial charge in [0.15, 0.2) is 0 Å². The Morgan fingerprint density at radius 2 is 1.92 bits per heavy atom. The van der Waals surface area contributed by atoms with E-state index in [1.807, 2.05) is 42.6 Å². The SMILES string of the molecule is O[C@H]1CC[C@H](Nc2ncc3cccc(OCc4ccccn4)c3n2)CC1. The number of aromatic nitrogens is 3. The predicted molar refractivity (Wildman–Crippen MR) is 100.0 cm³/mol. The van der Waals surface area contributed by atoms with Crippen LogP contribution in [-0.4, -0.2) is 32.2 Å². The van der Waals surface area contributed by atoms with E-state index in [1.165, 1.54) is 0 Å². The molecule has 1 aliphatic rings. The Bertz CT molecular complexity index is 864. The number of anilines is 1. The maximum absolute atomic E-state index is 9.64. The van der Waals surface area contributed by atoms with Crippen molar-refractivity contribution in [1.82, 2.24) is 15.0 Å². The second-order valence-corrected chi connectivity index (χ2v) is 6.65. The van der Waals surface area contributed by atoms with E-state index < -0.39 is 0 Å². The summed E-state index contributed by atoms with van der Waals surface area (Å²) in [5, 5.41) is 14.0. The van der Waals surface area contributed by atoms with Crippen molar-refractivity contribution in [2.75, 3.05) is 5.32 Å². The zero-order valence-corrected chi connectivity index (χ0v) is 14.5. The summed E-state index contributed by atoms with van der Waals surface area (Å²) in [6.45, 7) is 0.396. The summed E-state index contributed by atoms with van der Waals surface area (Å²) >= 11 is 0. The Kier molecular flexibility index (Phi) is 4.93. The molecule has 134 valence electrons. The van der Waals surface area contributed by atoms with Crippen LogP contribution in [0.15, 0.2) is 48.8 Å². The van der Waals surface area contributed by atoms with E-state index >= 15 is 0 Å². The highest BCUT2D eigenvalue weighted by Crippen LogP contribution is 2.26. The lowest BCUT2D eigenvalue weighted by Crippen LogP contribution is -2.28. The molecule has 2 aromatic heterocycles. The van der Waals surface area contributed by atoms with E-state index in [2.05, 4.69) is 20.3 Å². The number of fused-ring (bicyclic) bond motifs is 1. The molecule has 0 amide bonds. The number of benzene rings is 1. The van der Waals surface area contributed by atoms with E-state index in [-0.39, 0.29) is 6.10 Å². The fourth-order valence-electron chi connectivity index (χ4n) is 3.25. The number of hydrogen-bond acceptors (Lipinski definition) is 6. The van der Waals surface area contributed by atoms with Gasteiger partial charge in [0.2, 0.25) is 5.95 Å². The van der Waals surface area contributed by atoms with Crippen molar-refractivity contribution >= 4 is 16.9 Å². The topological polar surface area (TPSA) is 80.2 Å². The summed E-state index contributed by atoms with van der Waals surface area (Å²) in [6, 6.07) is 11.9. The molecule has 3 aromatic rings. The minimum absolute atomic E-state index is 0.169. The first-order valence-corrected chi connectivity index (χ1v) is 9.01. The fourth-order valence-corrected chi connectivity index (χ4v) is 3.25. The number of aliphatic hydroxyl groups is 1. The van der Waals surface area contributed by atoms with Crippen LogP contribution in [0.2, 0.25) is 0 Å². The van der Waals surface area contributed by atoms with Crippen LogP contribution in [0.3, 0.4) is 0 Å². The number of hydrogen-bond donors (Lipinski definition) is 2. The number of para-hydroxylation sites is 1. The molecule has 4 rings (SSSR count). The van der Waals surface area contributed by atoms with Gasteiger partial charge in [-0.25, -0.2) is 9.97 Å². The van der Waals surface area contributed by atoms with Crippen molar-refractivity contribution in [1.29, 1.82) is 0 Å². The maximum atomic E-state index is 9.64. The molecule has 0 radical (unpaired) electrons. The van der Waals surface area contributed by atoms with E-state index in [0.29, 0.717) is 18.6 Å². The molecule has 0 spiro atoms. The zero-order valence-electron chi connectivity index (χ0n) is 14.5. The van der Waals surface area contributed by atoms with Gasteiger partial charge in [-0.2, -0.15) is 0 Å². The van der Waals surface area contributed by atoms with Gasteiger partial charge >= 0.3 is 0 Å². The van der Waals surface area contributed by atoms with E-state index in [4.69, 9.17) is 4.74 Å². The lowest BCUT2D eigenvalue weighted by atomic mass is 9.93. The van der Waals surface area contributed by atoms with E-state index in [1.54, 1.807) is 6.20 Å². The van der Waals surface area contributed by atoms with Crippen molar-refractivity contribution in [3.8, 4) is 5.75 Å². The van der Waals surface area contributed by atoms with Gasteiger partial charge in [0.25, 0.3) is 0 Å². The summed E-state index contributed by atoms with van der Waals surface area (Å²) in [7, 11) is 0. The highest BCUT2D eigenvalue weighted by Gasteiger charge is 2.20. The third-order valence-electron chi connectivity index (χ3n) is 4.71. The molecule has 6 nitrogen and oxygen atoms in total. The minimum atomic E-state index is -0.169. The molecule has 1 aromatic carbocycles. The molecule has 6 heteroatoms. The standard InChI is InChI=1S/C20H22N4O2/c25-17-9-7-15(8-10-17)23-20-22-12-14-4-3-6-18(19(14)24-20)26-13-16-5-1-2-11-21-16/h1-6,11-12,15,17,25H,7-10,13H2,(H,22,23,24)/t15-,17-. The van der Waals surface area contributed by atoms with Crippen molar-refractivity contribution in [2.45, 2.75) is 44.4 Å². The quantitative estimate of drug-likeness (QED) is 0.735. The van der Waals surface area contributed by atoms with Gasteiger partial charge in [0.1, 0.15) is 17.9 Å². The number of rotatable bonds is 5. The van der Waals surface area contributed by atoms with Crippen LogP contribution in [0.4, 0.5) is 5.95 Å². The van der Waals surface area contributed by atoms with Crippen LogP contribution in [0.1, 0.15) is 31.4 Å². The molecule has 2 N–H and O–H groups in total. The fraction of sp³-hybridized carbons (Fsp3) is 0.350. The molecule has 26 heavy (non-hydrogen) atoms. The summed E-state index contributed by atoms with van der Waals surface area (Å²) in [6.07, 6.45) is 6.91. The number of nitrogens with one attached hydrogen (secondary N) is 1. The molecule has 0 bridgehead atoms. The third kappa shape index (κ3) is 3.91. The molecule has 0 unspecified atom stereocenters. The van der Waals surface area contributed by atoms with Gasteiger partial charge in [-0.1, -0.05) is 18.2 Å². The first kappa shape index (κ1) is 16.7. The average molecular weight is 350 g/mol. The number of aliphatic hydroxyl groups excluding tert-OH is 1. The highest BCUT2D eigenvalue weighted by atomic mass is 16.5. The summed E-state index contributed by atoms with van der Waals surface area (Å²) in [5.41, 5.74) is 1.66. The molecule has 1 fully saturated rings. The van der Waals surface area contributed by atoms with Crippen molar-refractivity contribution in [3.05, 3.63) is 54.5 Å². The minimum Gasteiger partial charge on any atom is -0.485 e. The highest BCUT2D eigenvalue weighted by molar-refractivity contribution is 5.84. The van der Waals surface area contributed by atoms with Gasteiger partial charge in [-0.3, -0.25) is 4.98 Å². The van der Waals surface area contributed by atoms with Crippen LogP contribution in [0.5, 0.6) is 5.75 Å². The van der Waals surface area contributed by atoms with E-state index in [0.717, 1.165) is 48.0 Å². The zero-order chi connectivity index (χ0) is 17.8. The first-order valence-electron chi connectivity index (χ1n) is 9.01. The maximum Gasteiger partial charge on any atom is 0.223 e. The second kappa shape index (κ2) is 7.66. The lowest BCUT2D eigenvalue weighted by Gasteiger charge is -2.26. The van der Waals surface area contributed by atoms with Gasteiger partial charge < -0.3 is 15.2 Å². The number of pyridine rings is 1. The molecule has 0 atom stereocenters. The Morgan fingerprint density at radius 1 is 1.04 bits per heavy atom. The van der Waals surface area contributed by atoms with Crippen molar-refractivity contribution in [2.24, 2.45) is 0 Å². The normalized spacial score (nSPS) is 20.0. The van der Waals surface area contributed by atoms with Crippen LogP contribution in [0.25, 0.3) is 10.9 Å². The Morgan fingerprint density at radius 3 is 2.73 bits per heavy atom. The van der Waals surface area contributed by atoms with Gasteiger partial charge in [0, 0.05) is 23.8 Å². The largest absolute Gasteiger partial charge is 0.485 e. The lowest BCUT2D eigenvalue weighted by molar-refractivity contribution is 0.126. The average Bonchev–Trinajstić information content (AvgIpc) is 2.69. The van der Waals surface area contributed by atoms with Crippen LogP contribution in [-0.2, 0) is 6.61 Å². The molecule has 2 heterocycles. The summed E-state index contributed by atoms with van der Waals surface area (Å²) in [4.78, 5) is 13.4. The Hall–Kier alpha value is -2.73. The van der Waals surface area contributed by atoms with Gasteiger partial charge in [-0.15, -0.1) is 0 Å². The molecule has 1 aliphatic carbocycles. The smallest absolute Gasteiger partial charge is 0.223 e. The van der Waals surface area contributed by atoms with Crippen LogP contribution in [0, 0.1) is 0 Å². The number of ether oxygens (including phenoxy) is 1. The van der Waals surface area contributed by atoms with Crippen molar-refractivity contribution < 1.29 is 9.84 Å². The molecular formula is C20H22N4O2. The summed E-state index contributed by atoms with van der Waals surface area (Å²) in [5.74, 6) is 1.32. The molecule has 0 saturated heterocycles. The number of nitrogens with zero attached hydrogens (tertiary/aromatic N) is 3. The third-order valence-corrected chi connectivity index (χ3v) is 4.71. The Balaban J connectivity index is 1.52. The monoisotopic (exact) mass is 350 g/mol. The molecule has 1 saturated carbocycles. The van der Waals surface area contributed by atoms with Crippen LogP contribution < -0.4 is 10.1 Å². The first-order chi connectivity index (χ1) is 12.8.